The molecule has 44 heavy (non-hydrogen) atoms. The lowest BCUT2D eigenvalue weighted by Crippen LogP contribution is -2.55. The fourth-order valence-electron chi connectivity index (χ4n) is 8.40. The van der Waals surface area contributed by atoms with Crippen LogP contribution >= 0.6 is 0 Å². The zero-order valence-electron chi connectivity index (χ0n) is 26.2. The number of amides is 1. The summed E-state index contributed by atoms with van der Waals surface area (Å²) in [6, 6.07) is 19.1. The van der Waals surface area contributed by atoms with E-state index in [-0.39, 0.29) is 23.5 Å². The number of piperidine rings is 1. The first-order valence-corrected chi connectivity index (χ1v) is 16.4. The third-order valence-electron chi connectivity index (χ3n) is 10.6. The standard InChI is InChI=1S/C36H46N6O2/c1-4-34-39-19-22-41(34)26-36(28-9-6-5-7-10-28,32-11-8-12-33(32)44-35(43)38-3)29-17-20-40(21-18-29)23-27-24-42(25-27)31-15-13-30(37-2)14-16-31/h5-7,9-10,13-16,19,22,27,29,32-33H,4,8,11-12,17-18,20-21,23-26H2,1,3H3,(H,38,43)/t32-,33-,36?/m1/s1. The summed E-state index contributed by atoms with van der Waals surface area (Å²) in [5.74, 6) is 2.48. The van der Waals surface area contributed by atoms with E-state index < -0.39 is 0 Å². The van der Waals surface area contributed by atoms with E-state index >= 15 is 0 Å². The highest BCUT2D eigenvalue weighted by molar-refractivity contribution is 5.67. The first-order valence-electron chi connectivity index (χ1n) is 16.4. The number of rotatable bonds is 10. The molecule has 232 valence electrons. The van der Waals surface area contributed by atoms with Crippen LogP contribution < -0.4 is 10.2 Å². The molecule has 1 N–H and O–H groups in total. The van der Waals surface area contributed by atoms with E-state index in [1.54, 1.807) is 7.05 Å². The molecule has 2 aromatic carbocycles. The van der Waals surface area contributed by atoms with Crippen LogP contribution in [0.25, 0.3) is 4.85 Å². The molecule has 6 rings (SSSR count). The van der Waals surface area contributed by atoms with E-state index in [0.717, 1.165) is 83.6 Å². The number of ether oxygens (including phenoxy) is 1. The van der Waals surface area contributed by atoms with E-state index in [0.29, 0.717) is 17.5 Å². The number of benzene rings is 2. The number of nitrogens with one attached hydrogen (secondary N) is 1. The molecule has 8 heteroatoms. The quantitative estimate of drug-likeness (QED) is 0.279. The van der Waals surface area contributed by atoms with Crippen molar-refractivity contribution in [2.75, 3.05) is 44.7 Å². The van der Waals surface area contributed by atoms with Gasteiger partial charge in [-0.3, -0.25) is 0 Å². The van der Waals surface area contributed by atoms with Gasteiger partial charge in [0.15, 0.2) is 5.69 Å². The molecule has 1 aliphatic carbocycles. The maximum atomic E-state index is 12.5. The molecule has 3 fully saturated rings. The molecule has 1 amide bonds. The van der Waals surface area contributed by atoms with Gasteiger partial charge in [0.05, 0.1) is 6.57 Å². The third kappa shape index (κ3) is 6.08. The fourth-order valence-corrected chi connectivity index (χ4v) is 8.40. The van der Waals surface area contributed by atoms with Crippen molar-refractivity contribution in [2.45, 2.75) is 63.5 Å². The number of alkyl carbamates (subject to hydrolysis) is 1. The summed E-state index contributed by atoms with van der Waals surface area (Å²) >= 11 is 0. The Morgan fingerprint density at radius 3 is 2.50 bits per heavy atom. The van der Waals surface area contributed by atoms with E-state index in [2.05, 4.69) is 80.1 Å². The monoisotopic (exact) mass is 594 g/mol. The van der Waals surface area contributed by atoms with Crippen LogP contribution in [-0.2, 0) is 23.1 Å². The first-order chi connectivity index (χ1) is 21.5. The molecular formula is C36H46N6O2. The maximum Gasteiger partial charge on any atom is 0.407 e. The zero-order chi connectivity index (χ0) is 30.5. The third-order valence-corrected chi connectivity index (χ3v) is 10.6. The molecule has 0 spiro atoms. The van der Waals surface area contributed by atoms with Gasteiger partial charge in [-0.15, -0.1) is 0 Å². The van der Waals surface area contributed by atoms with Gasteiger partial charge >= 0.3 is 6.09 Å². The first kappa shape index (κ1) is 30.2. The van der Waals surface area contributed by atoms with Crippen molar-refractivity contribution >= 4 is 17.5 Å². The second kappa shape index (κ2) is 13.4. The topological polar surface area (TPSA) is 67.0 Å². The Bertz CT molecular complexity index is 1420. The van der Waals surface area contributed by atoms with Crippen molar-refractivity contribution in [3.63, 3.8) is 0 Å². The van der Waals surface area contributed by atoms with Gasteiger partial charge in [-0.2, -0.15) is 0 Å². The predicted octanol–water partition coefficient (Wildman–Crippen LogP) is 6.31. The Labute approximate surface area is 262 Å². The van der Waals surface area contributed by atoms with Crippen LogP contribution in [0.2, 0.25) is 0 Å². The van der Waals surface area contributed by atoms with E-state index in [4.69, 9.17) is 16.3 Å². The van der Waals surface area contributed by atoms with Crippen LogP contribution in [0.4, 0.5) is 16.2 Å². The summed E-state index contributed by atoms with van der Waals surface area (Å²) in [4.78, 5) is 25.9. The number of nitrogens with zero attached hydrogens (tertiary/aromatic N) is 5. The summed E-state index contributed by atoms with van der Waals surface area (Å²) in [5, 5.41) is 2.70. The lowest BCUT2D eigenvalue weighted by atomic mass is 9.58. The Morgan fingerprint density at radius 1 is 1.07 bits per heavy atom. The molecule has 3 aliphatic rings. The average molecular weight is 595 g/mol. The summed E-state index contributed by atoms with van der Waals surface area (Å²) in [5.41, 5.74) is 3.11. The van der Waals surface area contributed by atoms with Crippen molar-refractivity contribution < 1.29 is 9.53 Å². The van der Waals surface area contributed by atoms with Gasteiger partial charge in [0.25, 0.3) is 0 Å². The number of aromatic nitrogens is 2. The van der Waals surface area contributed by atoms with E-state index in [1.807, 2.05) is 18.3 Å². The van der Waals surface area contributed by atoms with Gasteiger partial charge < -0.3 is 24.4 Å². The summed E-state index contributed by atoms with van der Waals surface area (Å²) in [6.45, 7) is 15.7. The van der Waals surface area contributed by atoms with Crippen LogP contribution in [0, 0.1) is 24.3 Å². The average Bonchev–Trinajstić information content (AvgIpc) is 3.71. The smallest absolute Gasteiger partial charge is 0.407 e. The molecule has 3 atom stereocenters. The van der Waals surface area contributed by atoms with Crippen molar-refractivity contribution in [3.8, 4) is 0 Å². The number of hydrogen-bond donors (Lipinski definition) is 1. The minimum Gasteiger partial charge on any atom is -0.446 e. The van der Waals surface area contributed by atoms with Gasteiger partial charge in [0.2, 0.25) is 0 Å². The number of aryl methyl sites for hydroxylation is 1. The van der Waals surface area contributed by atoms with Crippen molar-refractivity contribution in [3.05, 3.63) is 89.8 Å². The number of carbonyl (C=O) groups excluding carboxylic acids is 1. The molecule has 1 unspecified atom stereocenters. The van der Waals surface area contributed by atoms with Crippen LogP contribution in [0.1, 0.15) is 50.4 Å². The van der Waals surface area contributed by atoms with Crippen molar-refractivity contribution in [1.29, 1.82) is 0 Å². The molecule has 0 radical (unpaired) electrons. The lowest BCUT2D eigenvalue weighted by molar-refractivity contribution is 0.00173. The number of likely N-dealkylation sites (tertiary alicyclic amines) is 1. The second-order valence-corrected chi connectivity index (χ2v) is 12.9. The Morgan fingerprint density at radius 2 is 1.82 bits per heavy atom. The highest BCUT2D eigenvalue weighted by Crippen LogP contribution is 2.52. The summed E-state index contributed by atoms with van der Waals surface area (Å²) in [7, 11) is 1.65. The molecular weight excluding hydrogens is 548 g/mol. The number of imidazole rings is 1. The summed E-state index contributed by atoms with van der Waals surface area (Å²) < 4.78 is 8.50. The Balaban J connectivity index is 1.21. The summed E-state index contributed by atoms with van der Waals surface area (Å²) in [6.07, 6.45) is 9.84. The zero-order valence-corrected chi connectivity index (χ0v) is 26.2. The van der Waals surface area contributed by atoms with Crippen LogP contribution in [0.3, 0.4) is 0 Å². The highest BCUT2D eigenvalue weighted by Gasteiger charge is 2.53. The lowest BCUT2D eigenvalue weighted by Gasteiger charge is -2.51. The van der Waals surface area contributed by atoms with Gasteiger partial charge in [0.1, 0.15) is 11.9 Å². The molecule has 2 saturated heterocycles. The van der Waals surface area contributed by atoms with Gasteiger partial charge in [-0.25, -0.2) is 14.6 Å². The molecule has 3 heterocycles. The fraction of sp³-hybridized carbons (Fsp3) is 0.528. The minimum atomic E-state index is -0.326. The number of anilines is 1. The molecule has 2 aliphatic heterocycles. The second-order valence-electron chi connectivity index (χ2n) is 12.9. The number of carbonyl (C=O) groups is 1. The Hall–Kier alpha value is -3.83. The largest absolute Gasteiger partial charge is 0.446 e. The molecule has 3 aromatic rings. The SMILES string of the molecule is [C-]#[N+]c1ccc(N2CC(CN3CCC(C(Cn4ccnc4CC)(c4ccccc4)[C@@H]4CCC[C@H]4OC(=O)NC)CC3)C2)cc1. The van der Waals surface area contributed by atoms with Crippen molar-refractivity contribution in [1.82, 2.24) is 19.8 Å². The van der Waals surface area contributed by atoms with Gasteiger partial charge in [0, 0.05) is 75.0 Å². The number of hydrogen-bond acceptors (Lipinski definition) is 5. The van der Waals surface area contributed by atoms with Crippen LogP contribution in [0.5, 0.6) is 0 Å². The highest BCUT2D eigenvalue weighted by atomic mass is 16.6. The molecule has 1 aromatic heterocycles. The molecule has 0 bridgehead atoms. The van der Waals surface area contributed by atoms with Crippen molar-refractivity contribution in [2.24, 2.45) is 17.8 Å². The van der Waals surface area contributed by atoms with Gasteiger partial charge in [-0.1, -0.05) is 49.4 Å². The Kier molecular flexibility index (Phi) is 9.22. The predicted molar refractivity (Wildman–Crippen MR) is 174 cm³/mol. The molecule has 8 nitrogen and oxygen atoms in total. The molecule has 1 saturated carbocycles. The van der Waals surface area contributed by atoms with Gasteiger partial charge in [-0.05, 0) is 68.8 Å². The van der Waals surface area contributed by atoms with Crippen LogP contribution in [-0.4, -0.2) is 66.4 Å². The maximum absolute atomic E-state index is 12.5. The normalized spacial score (nSPS) is 22.6. The minimum absolute atomic E-state index is 0.105. The van der Waals surface area contributed by atoms with E-state index in [1.165, 1.54) is 11.3 Å². The van der Waals surface area contributed by atoms with E-state index in [9.17, 15) is 4.79 Å². The van der Waals surface area contributed by atoms with Crippen LogP contribution in [0.15, 0.2) is 67.0 Å².